The third-order valence-corrected chi connectivity index (χ3v) is 6.39. The lowest BCUT2D eigenvalue weighted by molar-refractivity contribution is -0.121. The third kappa shape index (κ3) is 6.37. The molecule has 0 radical (unpaired) electrons. The van der Waals surface area contributed by atoms with Crippen molar-refractivity contribution in [2.75, 3.05) is 56.6 Å². The quantitative estimate of drug-likeness (QED) is 0.767. The van der Waals surface area contributed by atoms with Crippen LogP contribution < -0.4 is 15.1 Å². The van der Waals surface area contributed by atoms with Gasteiger partial charge in [0.2, 0.25) is 5.91 Å². The van der Waals surface area contributed by atoms with Gasteiger partial charge in [-0.3, -0.25) is 9.69 Å². The van der Waals surface area contributed by atoms with Crippen LogP contribution in [0.5, 0.6) is 0 Å². The molecule has 29 heavy (non-hydrogen) atoms. The van der Waals surface area contributed by atoms with Crippen LogP contribution in [0.1, 0.15) is 38.5 Å². The van der Waals surface area contributed by atoms with Crippen molar-refractivity contribution in [2.45, 2.75) is 44.6 Å². The molecular formula is C23H35N5O. The summed E-state index contributed by atoms with van der Waals surface area (Å²) in [5.41, 5.74) is 2.58. The van der Waals surface area contributed by atoms with E-state index in [2.05, 4.69) is 58.4 Å². The number of piperazine rings is 1. The van der Waals surface area contributed by atoms with Crippen molar-refractivity contribution in [3.8, 4) is 6.07 Å². The largest absolute Gasteiger partial charge is 0.378 e. The third-order valence-electron chi connectivity index (χ3n) is 6.39. The average molecular weight is 398 g/mol. The predicted molar refractivity (Wildman–Crippen MR) is 118 cm³/mol. The maximum atomic E-state index is 11.6. The van der Waals surface area contributed by atoms with Crippen LogP contribution in [0.2, 0.25) is 0 Å². The lowest BCUT2D eigenvalue weighted by Gasteiger charge is -2.37. The van der Waals surface area contributed by atoms with Crippen LogP contribution in [0.15, 0.2) is 24.3 Å². The van der Waals surface area contributed by atoms with Gasteiger partial charge in [0.15, 0.2) is 0 Å². The molecule has 3 rings (SSSR count). The molecule has 1 saturated carbocycles. The summed E-state index contributed by atoms with van der Waals surface area (Å²) >= 11 is 0. The van der Waals surface area contributed by atoms with E-state index in [-0.39, 0.29) is 18.4 Å². The van der Waals surface area contributed by atoms with Crippen molar-refractivity contribution in [1.82, 2.24) is 10.2 Å². The zero-order chi connectivity index (χ0) is 20.6. The van der Waals surface area contributed by atoms with Gasteiger partial charge in [0.25, 0.3) is 0 Å². The number of nitrogens with one attached hydrogen (secondary N) is 1. The Balaban J connectivity index is 1.35. The Hall–Kier alpha value is -2.26. The fourth-order valence-corrected chi connectivity index (χ4v) is 4.51. The maximum Gasteiger partial charge on any atom is 0.234 e. The van der Waals surface area contributed by atoms with Gasteiger partial charge in [-0.2, -0.15) is 5.26 Å². The van der Waals surface area contributed by atoms with Gasteiger partial charge in [-0.1, -0.05) is 6.07 Å². The normalized spacial score (nSPS) is 22.7. The van der Waals surface area contributed by atoms with Gasteiger partial charge in [0.1, 0.15) is 6.42 Å². The average Bonchev–Trinajstić information content (AvgIpc) is 2.74. The first-order valence-corrected chi connectivity index (χ1v) is 11.0. The Kier molecular flexibility index (Phi) is 7.76. The van der Waals surface area contributed by atoms with Crippen molar-refractivity contribution in [3.63, 3.8) is 0 Å². The Morgan fingerprint density at radius 2 is 1.90 bits per heavy atom. The Morgan fingerprint density at radius 1 is 1.17 bits per heavy atom. The van der Waals surface area contributed by atoms with Gasteiger partial charge >= 0.3 is 0 Å². The van der Waals surface area contributed by atoms with E-state index in [0.717, 1.165) is 44.9 Å². The van der Waals surface area contributed by atoms with Crippen LogP contribution in [0.4, 0.5) is 11.4 Å². The highest BCUT2D eigenvalue weighted by Crippen LogP contribution is 2.28. The van der Waals surface area contributed by atoms with Gasteiger partial charge < -0.3 is 15.1 Å². The Morgan fingerprint density at radius 3 is 2.55 bits per heavy atom. The van der Waals surface area contributed by atoms with E-state index in [1.165, 1.54) is 37.2 Å². The molecule has 6 heteroatoms. The minimum atomic E-state index is -0.120. The number of amides is 1. The summed E-state index contributed by atoms with van der Waals surface area (Å²) in [4.78, 5) is 18.8. The molecule has 1 saturated heterocycles. The fourth-order valence-electron chi connectivity index (χ4n) is 4.51. The first kappa shape index (κ1) is 21.4. The zero-order valence-electron chi connectivity index (χ0n) is 17.9. The molecule has 2 fully saturated rings. The molecule has 0 atom stereocenters. The summed E-state index contributed by atoms with van der Waals surface area (Å²) in [5, 5.41) is 11.6. The van der Waals surface area contributed by atoms with E-state index in [4.69, 9.17) is 5.26 Å². The molecule has 0 bridgehead atoms. The predicted octanol–water partition coefficient (Wildman–Crippen LogP) is 2.85. The number of carbonyl (C=O) groups is 1. The molecule has 158 valence electrons. The van der Waals surface area contributed by atoms with Gasteiger partial charge in [0, 0.05) is 57.7 Å². The van der Waals surface area contributed by atoms with Crippen LogP contribution in [0.3, 0.4) is 0 Å². The molecule has 1 aliphatic carbocycles. The van der Waals surface area contributed by atoms with E-state index in [1.807, 2.05) is 6.07 Å². The summed E-state index contributed by atoms with van der Waals surface area (Å²) in [7, 11) is 4.18. The standard InChI is InChI=1S/C23H35N5O/c1-26(2)21-4-3-5-22(18-21)28-16-14-27(15-17-28)13-11-19-6-8-20(9-7-19)25-23(29)10-12-24/h3-5,18-20H,6-11,13-17H2,1-2H3,(H,25,29)/t19-,20-. The number of hydrogen-bond donors (Lipinski definition) is 1. The Labute approximate surface area is 175 Å². The van der Waals surface area contributed by atoms with Crippen molar-refractivity contribution in [1.29, 1.82) is 5.26 Å². The second-order valence-corrected chi connectivity index (χ2v) is 8.65. The topological polar surface area (TPSA) is 62.6 Å². The molecule has 0 aromatic heterocycles. The molecule has 1 heterocycles. The number of rotatable bonds is 7. The number of anilines is 2. The van der Waals surface area contributed by atoms with Crippen LogP contribution in [-0.4, -0.2) is 63.7 Å². The first-order valence-electron chi connectivity index (χ1n) is 11.0. The summed E-state index contributed by atoms with van der Waals surface area (Å²) in [5.74, 6) is 0.652. The fraction of sp³-hybridized carbons (Fsp3) is 0.652. The van der Waals surface area contributed by atoms with Gasteiger partial charge in [-0.15, -0.1) is 0 Å². The molecule has 1 amide bonds. The molecule has 1 aromatic rings. The highest BCUT2D eigenvalue weighted by atomic mass is 16.1. The number of nitrogens with zero attached hydrogens (tertiary/aromatic N) is 4. The number of nitriles is 1. The van der Waals surface area contributed by atoms with E-state index in [9.17, 15) is 4.79 Å². The van der Waals surface area contributed by atoms with Crippen molar-refractivity contribution in [2.24, 2.45) is 5.92 Å². The van der Waals surface area contributed by atoms with Gasteiger partial charge in [0.05, 0.1) is 6.07 Å². The number of carbonyl (C=O) groups excluding carboxylic acids is 1. The molecular weight excluding hydrogens is 362 g/mol. The zero-order valence-corrected chi connectivity index (χ0v) is 17.9. The summed E-state index contributed by atoms with van der Waals surface area (Å²) in [6, 6.07) is 11.0. The molecule has 2 aliphatic rings. The highest BCUT2D eigenvalue weighted by Gasteiger charge is 2.24. The molecule has 6 nitrogen and oxygen atoms in total. The minimum Gasteiger partial charge on any atom is -0.378 e. The van der Waals surface area contributed by atoms with Crippen molar-refractivity contribution < 1.29 is 4.79 Å². The maximum absolute atomic E-state index is 11.6. The van der Waals surface area contributed by atoms with E-state index in [0.29, 0.717) is 0 Å². The lowest BCUT2D eigenvalue weighted by Crippen LogP contribution is -2.47. The lowest BCUT2D eigenvalue weighted by atomic mass is 9.84. The number of benzene rings is 1. The molecule has 1 aromatic carbocycles. The minimum absolute atomic E-state index is 0.0225. The van der Waals surface area contributed by atoms with Crippen molar-refractivity contribution >= 4 is 17.3 Å². The van der Waals surface area contributed by atoms with Crippen LogP contribution in [0.25, 0.3) is 0 Å². The monoisotopic (exact) mass is 397 g/mol. The first-order chi connectivity index (χ1) is 14.0. The summed E-state index contributed by atoms with van der Waals surface area (Å²) in [6.45, 7) is 5.63. The number of hydrogen-bond acceptors (Lipinski definition) is 5. The Bertz CT molecular complexity index is 697. The van der Waals surface area contributed by atoms with Gasteiger partial charge in [-0.25, -0.2) is 0 Å². The van der Waals surface area contributed by atoms with E-state index in [1.54, 1.807) is 0 Å². The molecule has 1 aliphatic heterocycles. The van der Waals surface area contributed by atoms with Gasteiger partial charge in [-0.05, 0) is 62.8 Å². The van der Waals surface area contributed by atoms with E-state index >= 15 is 0 Å². The van der Waals surface area contributed by atoms with Crippen LogP contribution in [-0.2, 0) is 4.79 Å². The molecule has 0 spiro atoms. The van der Waals surface area contributed by atoms with Crippen LogP contribution >= 0.6 is 0 Å². The summed E-state index contributed by atoms with van der Waals surface area (Å²) in [6.07, 6.45) is 5.72. The highest BCUT2D eigenvalue weighted by molar-refractivity contribution is 5.78. The second kappa shape index (κ2) is 10.5. The summed E-state index contributed by atoms with van der Waals surface area (Å²) < 4.78 is 0. The van der Waals surface area contributed by atoms with Crippen molar-refractivity contribution in [3.05, 3.63) is 24.3 Å². The smallest absolute Gasteiger partial charge is 0.234 e. The molecule has 1 N–H and O–H groups in total. The SMILES string of the molecule is CN(C)c1cccc(N2CCN(CC[C@H]3CC[C@H](NC(=O)CC#N)CC3)CC2)c1. The van der Waals surface area contributed by atoms with Crippen LogP contribution in [0, 0.1) is 17.2 Å². The molecule has 0 unspecified atom stereocenters. The van der Waals surface area contributed by atoms with E-state index < -0.39 is 0 Å². The second-order valence-electron chi connectivity index (χ2n) is 8.65.